The molecule has 0 heterocycles. The molecule has 0 aliphatic rings. The molecule has 74 valence electrons. The Bertz CT molecular complexity index is 312. The van der Waals surface area contributed by atoms with Crippen LogP contribution in [0.15, 0.2) is 41.9 Å². The Balaban J connectivity index is 2.55. The Hall–Kier alpha value is -1.41. The fourth-order valence-corrected chi connectivity index (χ4v) is 1.02. The lowest BCUT2D eigenvalue weighted by Crippen LogP contribution is -2.13. The normalized spacial score (nSPS) is 11.1. The molecule has 0 saturated heterocycles. The number of rotatable bonds is 4. The van der Waals surface area contributed by atoms with Gasteiger partial charge in [0.1, 0.15) is 0 Å². The van der Waals surface area contributed by atoms with Crippen molar-refractivity contribution in [1.29, 1.82) is 0 Å². The molecule has 0 saturated carbocycles. The van der Waals surface area contributed by atoms with Crippen molar-refractivity contribution < 1.29 is 0 Å². The minimum Gasteiger partial charge on any atom is -0.304 e. The molecule has 0 aromatic heterocycles. The van der Waals surface area contributed by atoms with Crippen molar-refractivity contribution in [1.82, 2.24) is 4.90 Å². The van der Waals surface area contributed by atoms with Gasteiger partial charge in [-0.15, -0.1) is 0 Å². The van der Waals surface area contributed by atoms with Crippen molar-refractivity contribution in [3.05, 3.63) is 42.5 Å². The molecule has 0 unspecified atom stereocenters. The topological polar surface area (TPSA) is 15.6 Å². The largest absolute Gasteiger partial charge is 0.304 e. The predicted molar refractivity (Wildman–Crippen MR) is 62.5 cm³/mol. The van der Waals surface area contributed by atoms with E-state index in [-0.39, 0.29) is 0 Å². The predicted octanol–water partition coefficient (Wildman–Crippen LogP) is 2.29. The molecule has 1 aromatic rings. The third-order valence-corrected chi connectivity index (χ3v) is 1.80. The number of hydrogen-bond acceptors (Lipinski definition) is 2. The highest BCUT2D eigenvalue weighted by Gasteiger charge is 1.93. The van der Waals surface area contributed by atoms with E-state index in [1.165, 1.54) is 0 Å². The van der Waals surface area contributed by atoms with Gasteiger partial charge in [0.25, 0.3) is 0 Å². The molecule has 1 aromatic carbocycles. The summed E-state index contributed by atoms with van der Waals surface area (Å²) >= 11 is 0. The first-order valence-electron chi connectivity index (χ1n) is 4.61. The lowest BCUT2D eigenvalue weighted by Gasteiger charge is -2.04. The van der Waals surface area contributed by atoms with E-state index in [0.29, 0.717) is 0 Å². The van der Waals surface area contributed by atoms with Gasteiger partial charge in [0, 0.05) is 12.8 Å². The van der Waals surface area contributed by atoms with Crippen LogP contribution in [0.1, 0.15) is 5.56 Å². The number of nitrogens with zero attached hydrogens (tertiary/aromatic N) is 2. The Morgan fingerprint density at radius 3 is 2.57 bits per heavy atom. The average Bonchev–Trinajstić information content (AvgIpc) is 2.18. The van der Waals surface area contributed by atoms with Crippen molar-refractivity contribution in [2.24, 2.45) is 4.99 Å². The van der Waals surface area contributed by atoms with Crippen molar-refractivity contribution in [3.63, 3.8) is 0 Å². The van der Waals surface area contributed by atoms with E-state index in [1.54, 1.807) is 0 Å². The van der Waals surface area contributed by atoms with Gasteiger partial charge < -0.3 is 4.90 Å². The molecule has 0 atom stereocenters. The Labute approximate surface area is 85.6 Å². The lowest BCUT2D eigenvalue weighted by atomic mass is 10.2. The maximum Gasteiger partial charge on any atom is 0.0626 e. The van der Waals surface area contributed by atoms with Gasteiger partial charge in [0.05, 0.1) is 5.70 Å². The molecule has 0 amide bonds. The maximum atomic E-state index is 4.27. The first kappa shape index (κ1) is 10.7. The van der Waals surface area contributed by atoms with Crippen LogP contribution in [0.2, 0.25) is 0 Å². The molecule has 0 N–H and O–H groups in total. The van der Waals surface area contributed by atoms with Crippen molar-refractivity contribution in [3.8, 4) is 0 Å². The highest BCUT2D eigenvalue weighted by atomic mass is 15.1. The van der Waals surface area contributed by atoms with Gasteiger partial charge in [-0.2, -0.15) is 0 Å². The smallest absolute Gasteiger partial charge is 0.0626 e. The monoisotopic (exact) mass is 188 g/mol. The van der Waals surface area contributed by atoms with Gasteiger partial charge in [-0.05, 0) is 19.7 Å². The summed E-state index contributed by atoms with van der Waals surface area (Å²) in [7, 11) is 4.02. The number of benzene rings is 1. The molecule has 0 spiro atoms. The molecule has 0 aliphatic carbocycles. The summed E-state index contributed by atoms with van der Waals surface area (Å²) in [6.07, 6.45) is 1.87. The summed E-state index contributed by atoms with van der Waals surface area (Å²) in [5, 5.41) is 0. The Morgan fingerprint density at radius 2 is 2.00 bits per heavy atom. The lowest BCUT2D eigenvalue weighted by molar-refractivity contribution is 0.473. The van der Waals surface area contributed by atoms with Gasteiger partial charge in [0.2, 0.25) is 0 Å². The minimum atomic E-state index is 0.812. The van der Waals surface area contributed by atoms with E-state index in [1.807, 2.05) is 50.6 Å². The molecule has 0 radical (unpaired) electrons. The molecular weight excluding hydrogens is 172 g/mol. The number of aliphatic imine (C=N–C) groups is 1. The molecule has 0 bridgehead atoms. The summed E-state index contributed by atoms with van der Waals surface area (Å²) < 4.78 is 0. The van der Waals surface area contributed by atoms with Gasteiger partial charge in [-0.1, -0.05) is 36.9 Å². The fourth-order valence-electron chi connectivity index (χ4n) is 1.02. The molecule has 0 fully saturated rings. The summed E-state index contributed by atoms with van der Waals surface area (Å²) in [6.45, 7) is 4.74. The minimum absolute atomic E-state index is 0.812. The van der Waals surface area contributed by atoms with E-state index >= 15 is 0 Å². The fraction of sp³-hybridized carbons (Fsp3) is 0.250. The summed E-state index contributed by atoms with van der Waals surface area (Å²) in [5.74, 6) is 0. The van der Waals surface area contributed by atoms with Crippen LogP contribution < -0.4 is 0 Å². The van der Waals surface area contributed by atoms with Crippen LogP contribution in [0.4, 0.5) is 0 Å². The van der Waals surface area contributed by atoms with E-state index in [9.17, 15) is 0 Å². The van der Waals surface area contributed by atoms with Gasteiger partial charge >= 0.3 is 0 Å². The van der Waals surface area contributed by atoms with Crippen LogP contribution in [0.25, 0.3) is 5.70 Å². The van der Waals surface area contributed by atoms with E-state index in [4.69, 9.17) is 0 Å². The first-order chi connectivity index (χ1) is 6.70. The molecular formula is C12H16N2. The van der Waals surface area contributed by atoms with Crippen molar-refractivity contribution in [2.75, 3.05) is 20.6 Å². The van der Waals surface area contributed by atoms with Crippen LogP contribution in [-0.4, -0.2) is 31.8 Å². The van der Waals surface area contributed by atoms with Gasteiger partial charge in [-0.25, -0.2) is 0 Å². The van der Waals surface area contributed by atoms with Crippen molar-refractivity contribution in [2.45, 2.75) is 0 Å². The quantitative estimate of drug-likeness (QED) is 0.662. The van der Waals surface area contributed by atoms with E-state index < -0.39 is 0 Å². The van der Waals surface area contributed by atoms with Gasteiger partial charge in [0.15, 0.2) is 0 Å². The van der Waals surface area contributed by atoms with Crippen LogP contribution in [0, 0.1) is 0 Å². The summed E-state index contributed by atoms with van der Waals surface area (Å²) in [5.41, 5.74) is 1.88. The molecule has 2 nitrogen and oxygen atoms in total. The van der Waals surface area contributed by atoms with Crippen LogP contribution in [0.3, 0.4) is 0 Å². The number of hydrogen-bond donors (Lipinski definition) is 0. The van der Waals surface area contributed by atoms with Gasteiger partial charge in [-0.3, -0.25) is 4.99 Å². The SMILES string of the molecule is C=C(N=CCN(C)C)c1ccccc1. The standard InChI is InChI=1S/C12H16N2/c1-11(13-9-10-14(2)3)12-7-5-4-6-8-12/h4-9H,1,10H2,2-3H3. The third kappa shape index (κ3) is 3.54. The zero-order chi connectivity index (χ0) is 10.4. The molecule has 0 aliphatic heterocycles. The van der Waals surface area contributed by atoms with Crippen LogP contribution in [0.5, 0.6) is 0 Å². The Morgan fingerprint density at radius 1 is 1.36 bits per heavy atom. The zero-order valence-corrected chi connectivity index (χ0v) is 8.77. The molecule has 1 rings (SSSR count). The highest BCUT2D eigenvalue weighted by Crippen LogP contribution is 2.11. The second kappa shape index (κ2) is 5.35. The molecule has 14 heavy (non-hydrogen) atoms. The van der Waals surface area contributed by atoms with E-state index in [2.05, 4.69) is 16.5 Å². The van der Waals surface area contributed by atoms with Crippen LogP contribution in [-0.2, 0) is 0 Å². The van der Waals surface area contributed by atoms with Crippen LogP contribution >= 0.6 is 0 Å². The van der Waals surface area contributed by atoms with E-state index in [0.717, 1.165) is 17.8 Å². The third-order valence-electron chi connectivity index (χ3n) is 1.80. The summed E-state index contributed by atoms with van der Waals surface area (Å²) in [6, 6.07) is 9.98. The highest BCUT2D eigenvalue weighted by molar-refractivity contribution is 5.73. The Kier molecular flexibility index (Phi) is 4.08. The first-order valence-corrected chi connectivity index (χ1v) is 4.61. The maximum absolute atomic E-state index is 4.27. The second-order valence-corrected chi connectivity index (χ2v) is 3.39. The second-order valence-electron chi connectivity index (χ2n) is 3.39. The summed E-state index contributed by atoms with van der Waals surface area (Å²) in [4.78, 5) is 6.33. The molecule has 2 heteroatoms. The zero-order valence-electron chi connectivity index (χ0n) is 8.77. The van der Waals surface area contributed by atoms with Crippen molar-refractivity contribution >= 4 is 11.9 Å². The average molecular weight is 188 g/mol.